The van der Waals surface area contributed by atoms with Gasteiger partial charge in [-0.15, -0.1) is 0 Å². The quantitative estimate of drug-likeness (QED) is 0.484. The smallest absolute Gasteiger partial charge is 0.317 e. The molecule has 0 aromatic heterocycles. The Hall–Kier alpha value is -2.02. The van der Waals surface area contributed by atoms with Gasteiger partial charge in [0.15, 0.2) is 0 Å². The first-order chi connectivity index (χ1) is 8.04. The van der Waals surface area contributed by atoms with Gasteiger partial charge in [0.25, 0.3) is 0 Å². The number of ether oxygens (including phenoxy) is 1. The van der Waals surface area contributed by atoms with Crippen molar-refractivity contribution in [3.8, 4) is 11.8 Å². The minimum atomic E-state index is -0.504. The summed E-state index contributed by atoms with van der Waals surface area (Å²) in [5.74, 6) is 4.48. The first-order valence-electron chi connectivity index (χ1n) is 5.24. The molecule has 1 aromatic carbocycles. The predicted octanol–water partition coefficient (Wildman–Crippen LogP) is 2.02. The molecule has 1 aromatic rings. The normalized spacial score (nSPS) is 9.35. The zero-order chi connectivity index (χ0) is 12.8. The van der Waals surface area contributed by atoms with Crippen molar-refractivity contribution in [3.63, 3.8) is 0 Å². The summed E-state index contributed by atoms with van der Waals surface area (Å²) in [5, 5.41) is 0. The van der Waals surface area contributed by atoms with E-state index in [9.17, 15) is 9.18 Å². The number of hydrogen-bond acceptors (Lipinski definition) is 3. The molecule has 2 N–H and O–H groups in total. The zero-order valence-electron chi connectivity index (χ0n) is 9.84. The Bertz CT molecular complexity index is 486. The van der Waals surface area contributed by atoms with Crippen molar-refractivity contribution < 1.29 is 13.9 Å². The average Bonchev–Trinajstić information content (AvgIpc) is 2.26. The zero-order valence-corrected chi connectivity index (χ0v) is 9.84. The lowest BCUT2D eigenvalue weighted by Crippen LogP contribution is -2.01. The van der Waals surface area contributed by atoms with Gasteiger partial charge in [0.2, 0.25) is 0 Å². The fourth-order valence-electron chi connectivity index (χ4n) is 1.26. The molecule has 0 saturated carbocycles. The van der Waals surface area contributed by atoms with Gasteiger partial charge in [-0.2, -0.15) is 0 Å². The third kappa shape index (κ3) is 3.80. The molecule has 0 amide bonds. The summed E-state index contributed by atoms with van der Waals surface area (Å²) in [5.41, 5.74) is 6.81. The summed E-state index contributed by atoms with van der Waals surface area (Å²) in [6.45, 7) is 3.84. The first-order valence-corrected chi connectivity index (χ1v) is 5.24. The van der Waals surface area contributed by atoms with Crippen LogP contribution < -0.4 is 5.73 Å². The second-order valence-corrected chi connectivity index (χ2v) is 3.47. The highest BCUT2D eigenvalue weighted by molar-refractivity contribution is 5.72. The number of carbonyl (C=O) groups is 1. The molecule has 0 saturated heterocycles. The van der Waals surface area contributed by atoms with Crippen molar-refractivity contribution in [3.05, 3.63) is 29.1 Å². The van der Waals surface area contributed by atoms with Crippen molar-refractivity contribution >= 4 is 11.7 Å². The molecule has 0 radical (unpaired) electrons. The van der Waals surface area contributed by atoms with Crippen molar-refractivity contribution in [2.75, 3.05) is 12.3 Å². The molecule has 0 aliphatic rings. The Morgan fingerprint density at radius 3 is 2.88 bits per heavy atom. The Balaban J connectivity index is 2.79. The van der Waals surface area contributed by atoms with Gasteiger partial charge < -0.3 is 10.5 Å². The fourth-order valence-corrected chi connectivity index (χ4v) is 1.26. The van der Waals surface area contributed by atoms with Crippen LogP contribution in [0.4, 0.5) is 10.1 Å². The predicted molar refractivity (Wildman–Crippen MR) is 63.7 cm³/mol. The van der Waals surface area contributed by atoms with Crippen LogP contribution in [0.2, 0.25) is 0 Å². The van der Waals surface area contributed by atoms with Crippen LogP contribution in [-0.2, 0) is 9.53 Å². The molecule has 3 nitrogen and oxygen atoms in total. The second kappa shape index (κ2) is 5.90. The largest absolute Gasteiger partial charge is 0.465 e. The highest BCUT2D eigenvalue weighted by Crippen LogP contribution is 2.16. The Morgan fingerprint density at radius 1 is 1.53 bits per heavy atom. The molecular weight excluding hydrogens is 221 g/mol. The number of nitrogen functional groups attached to an aromatic ring is 1. The number of halogens is 1. The molecule has 17 heavy (non-hydrogen) atoms. The molecule has 4 heteroatoms. The van der Waals surface area contributed by atoms with Gasteiger partial charge in [-0.05, 0) is 31.5 Å². The standard InChI is InChI=1S/C13H14FNO2/c1-3-17-13(16)6-4-5-10-8-11(14)12(15)7-9(10)2/h7-8H,3,6,15H2,1-2H3. The lowest BCUT2D eigenvalue weighted by Gasteiger charge is -2.01. The topological polar surface area (TPSA) is 52.3 Å². The maximum atomic E-state index is 13.2. The van der Waals surface area contributed by atoms with Gasteiger partial charge in [0.1, 0.15) is 12.2 Å². The van der Waals surface area contributed by atoms with Crippen molar-refractivity contribution in [2.45, 2.75) is 20.3 Å². The molecule has 0 atom stereocenters. The van der Waals surface area contributed by atoms with E-state index in [4.69, 9.17) is 10.5 Å². The molecular formula is C13H14FNO2. The third-order valence-corrected chi connectivity index (χ3v) is 2.10. The van der Waals surface area contributed by atoms with E-state index in [0.717, 1.165) is 5.56 Å². The lowest BCUT2D eigenvalue weighted by atomic mass is 10.1. The summed E-state index contributed by atoms with van der Waals surface area (Å²) >= 11 is 0. The van der Waals surface area contributed by atoms with E-state index < -0.39 is 5.82 Å². The van der Waals surface area contributed by atoms with E-state index in [1.165, 1.54) is 12.1 Å². The van der Waals surface area contributed by atoms with E-state index >= 15 is 0 Å². The summed E-state index contributed by atoms with van der Waals surface area (Å²) < 4.78 is 17.9. The van der Waals surface area contributed by atoms with Crippen LogP contribution >= 0.6 is 0 Å². The lowest BCUT2D eigenvalue weighted by molar-refractivity contribution is -0.141. The molecule has 0 bridgehead atoms. The summed E-state index contributed by atoms with van der Waals surface area (Å²) in [7, 11) is 0. The van der Waals surface area contributed by atoms with Crippen LogP contribution in [0.25, 0.3) is 0 Å². The van der Waals surface area contributed by atoms with Crippen LogP contribution in [-0.4, -0.2) is 12.6 Å². The minimum absolute atomic E-state index is 0.000719. The minimum Gasteiger partial charge on any atom is -0.465 e. The number of aryl methyl sites for hydroxylation is 1. The van der Waals surface area contributed by atoms with Crippen LogP contribution in [0.5, 0.6) is 0 Å². The van der Waals surface area contributed by atoms with Crippen molar-refractivity contribution in [1.29, 1.82) is 0 Å². The maximum absolute atomic E-state index is 13.2. The van der Waals surface area contributed by atoms with E-state index in [1.54, 1.807) is 13.8 Å². The van der Waals surface area contributed by atoms with Crippen LogP contribution in [0.3, 0.4) is 0 Å². The summed E-state index contributed by atoms with van der Waals surface area (Å²) in [6.07, 6.45) is -0.000719. The maximum Gasteiger partial charge on any atom is 0.317 e. The Kier molecular flexibility index (Phi) is 4.53. The van der Waals surface area contributed by atoms with Crippen LogP contribution in [0, 0.1) is 24.6 Å². The Morgan fingerprint density at radius 2 is 2.24 bits per heavy atom. The monoisotopic (exact) mass is 235 g/mol. The molecule has 0 aliphatic carbocycles. The van der Waals surface area contributed by atoms with Crippen molar-refractivity contribution in [1.82, 2.24) is 0 Å². The van der Waals surface area contributed by atoms with Gasteiger partial charge in [-0.25, -0.2) is 4.39 Å². The molecule has 90 valence electrons. The molecule has 0 fully saturated rings. The molecule has 0 heterocycles. The van der Waals surface area contributed by atoms with Gasteiger partial charge in [-0.1, -0.05) is 11.8 Å². The van der Waals surface area contributed by atoms with Crippen molar-refractivity contribution in [2.24, 2.45) is 0 Å². The number of hydrogen-bond donors (Lipinski definition) is 1. The third-order valence-electron chi connectivity index (χ3n) is 2.10. The van der Waals surface area contributed by atoms with Gasteiger partial charge in [-0.3, -0.25) is 4.79 Å². The van der Waals surface area contributed by atoms with E-state index in [2.05, 4.69) is 11.8 Å². The van der Waals surface area contributed by atoms with Gasteiger partial charge in [0.05, 0.1) is 12.3 Å². The molecule has 1 rings (SSSR count). The number of esters is 1. The Labute approximate surface area is 99.8 Å². The second-order valence-electron chi connectivity index (χ2n) is 3.47. The number of rotatable bonds is 2. The first kappa shape index (κ1) is 13.0. The number of benzene rings is 1. The summed E-state index contributed by atoms with van der Waals surface area (Å²) in [4.78, 5) is 11.0. The molecule has 0 unspecified atom stereocenters. The SMILES string of the molecule is CCOC(=O)CC#Cc1cc(F)c(N)cc1C. The van der Waals surface area contributed by atoms with Crippen LogP contribution in [0.15, 0.2) is 12.1 Å². The van der Waals surface area contributed by atoms with Gasteiger partial charge in [0, 0.05) is 5.56 Å². The number of nitrogens with two attached hydrogens (primary N) is 1. The van der Waals surface area contributed by atoms with Crippen LogP contribution in [0.1, 0.15) is 24.5 Å². The molecule has 0 aliphatic heterocycles. The molecule has 0 spiro atoms. The summed E-state index contributed by atoms with van der Waals surface area (Å²) in [6, 6.07) is 2.78. The van der Waals surface area contributed by atoms with Gasteiger partial charge >= 0.3 is 5.97 Å². The average molecular weight is 235 g/mol. The van der Waals surface area contributed by atoms with E-state index in [1.807, 2.05) is 0 Å². The van der Waals surface area contributed by atoms with E-state index in [0.29, 0.717) is 12.2 Å². The highest BCUT2D eigenvalue weighted by atomic mass is 19.1. The number of carbonyl (C=O) groups excluding carboxylic acids is 1. The number of anilines is 1. The highest BCUT2D eigenvalue weighted by Gasteiger charge is 2.02. The van der Waals surface area contributed by atoms with E-state index in [-0.39, 0.29) is 18.1 Å². The fraction of sp³-hybridized carbons (Fsp3) is 0.308.